The molecule has 0 unspecified atom stereocenters. The van der Waals surface area contributed by atoms with Crippen LogP contribution in [0, 0.1) is 16.9 Å². The van der Waals surface area contributed by atoms with Crippen molar-refractivity contribution in [1.82, 2.24) is 0 Å². The molecule has 0 spiro atoms. The molecule has 2 aliphatic carbocycles. The normalized spacial score (nSPS) is 20.8. The summed E-state index contributed by atoms with van der Waals surface area (Å²) in [6, 6.07) is 11.6. The van der Waals surface area contributed by atoms with Gasteiger partial charge in [0.05, 0.1) is 0 Å². The third kappa shape index (κ3) is 11.6. The zero-order valence-electron chi connectivity index (χ0n) is 30.6. The van der Waals surface area contributed by atoms with Crippen LogP contribution >= 0.6 is 0 Å². The predicted molar refractivity (Wildman–Crippen MR) is 206 cm³/mol. The fourth-order valence-corrected chi connectivity index (χ4v) is 6.62. The molecular weight excluding hydrogens is 553 g/mol. The Kier molecular flexibility index (Phi) is 13.9. The molecule has 0 saturated carbocycles. The lowest BCUT2D eigenvalue weighted by Gasteiger charge is -2.33. The topological polar surface area (TPSA) is 0 Å². The fourth-order valence-electron chi connectivity index (χ4n) is 6.62. The van der Waals surface area contributed by atoms with E-state index in [-0.39, 0.29) is 10.8 Å². The third-order valence-corrected chi connectivity index (χ3v) is 9.48. The highest BCUT2D eigenvalue weighted by atomic mass is 14.3. The molecule has 0 atom stereocenters. The van der Waals surface area contributed by atoms with E-state index in [1.165, 1.54) is 77.5 Å². The highest BCUT2D eigenvalue weighted by Crippen LogP contribution is 2.41. The van der Waals surface area contributed by atoms with E-state index in [0.29, 0.717) is 0 Å². The van der Waals surface area contributed by atoms with Crippen molar-refractivity contribution in [2.24, 2.45) is 10.8 Å². The molecule has 0 nitrogen and oxygen atoms in total. The molecule has 0 amide bonds. The molecule has 0 saturated heterocycles. The Hall–Kier alpha value is -3.64. The minimum Gasteiger partial charge on any atom is -0.0696 e. The molecule has 0 heteroatoms. The standard InChI is InChI=1S/C46H59/c1-35(18-14-19-36(2)27-30-43-39(5)22-16-32-45(43,7)8)26-29-42(41-24-12-11-13-25-41)34-38(4)21-15-20-37(3)28-31-44-40(6)23-17-33-46(44,9)10/h11-15,18-21,24,26-31,34H,16-17,22-23,32-33H2,1-10H3/b18-14+,21-15+,30-27+,31-28+,35-26+,36-19+,37-20+,38-34+,42-29-. The minimum atomic E-state index is 0.268. The van der Waals surface area contributed by atoms with Crippen LogP contribution in [-0.4, -0.2) is 0 Å². The van der Waals surface area contributed by atoms with Gasteiger partial charge in [0, 0.05) is 0 Å². The van der Waals surface area contributed by atoms with Crippen molar-refractivity contribution in [1.29, 1.82) is 0 Å². The average molecular weight is 612 g/mol. The molecule has 0 N–H and O–H groups in total. The van der Waals surface area contributed by atoms with Crippen LogP contribution in [0.4, 0.5) is 0 Å². The summed E-state index contributed by atoms with van der Waals surface area (Å²) in [4.78, 5) is 0. The van der Waals surface area contributed by atoms with Gasteiger partial charge in [0.2, 0.25) is 0 Å². The molecule has 2 aliphatic rings. The fraction of sp³-hybridized carbons (Fsp3) is 0.391. The zero-order valence-corrected chi connectivity index (χ0v) is 30.6. The molecule has 0 aromatic heterocycles. The number of hydrogen-bond donors (Lipinski definition) is 0. The summed E-state index contributed by atoms with van der Waals surface area (Å²) in [7, 11) is 0. The van der Waals surface area contributed by atoms with Gasteiger partial charge in [-0.3, -0.25) is 0 Å². The van der Waals surface area contributed by atoms with Gasteiger partial charge in [0.15, 0.2) is 0 Å². The quantitative estimate of drug-likeness (QED) is 0.218. The van der Waals surface area contributed by atoms with Gasteiger partial charge in [-0.15, -0.1) is 0 Å². The lowest BCUT2D eigenvalue weighted by atomic mass is 9.72. The molecule has 0 heterocycles. The molecule has 3 rings (SSSR count). The van der Waals surface area contributed by atoms with Gasteiger partial charge in [-0.25, -0.2) is 0 Å². The largest absolute Gasteiger partial charge is 0.0696 e. The molecule has 1 radical (unpaired) electrons. The Morgan fingerprint density at radius 1 is 0.630 bits per heavy atom. The average Bonchev–Trinajstić information content (AvgIpc) is 2.98. The summed E-state index contributed by atoms with van der Waals surface area (Å²) in [6.07, 6.45) is 36.5. The molecule has 0 fully saturated rings. The second kappa shape index (κ2) is 17.3. The zero-order chi connectivity index (χ0) is 33.7. The summed E-state index contributed by atoms with van der Waals surface area (Å²) >= 11 is 0. The maximum absolute atomic E-state index is 3.41. The molecule has 0 bridgehead atoms. The highest BCUT2D eigenvalue weighted by Gasteiger charge is 2.27. The van der Waals surface area contributed by atoms with Gasteiger partial charge in [0.25, 0.3) is 0 Å². The van der Waals surface area contributed by atoms with Crippen molar-refractivity contribution in [3.63, 3.8) is 0 Å². The van der Waals surface area contributed by atoms with Crippen molar-refractivity contribution < 1.29 is 0 Å². The van der Waals surface area contributed by atoms with Crippen LogP contribution in [0.15, 0.2) is 148 Å². The number of allylic oxidation sites excluding steroid dienone is 22. The van der Waals surface area contributed by atoms with Crippen LogP contribution in [0.2, 0.25) is 0 Å². The Bertz CT molecular complexity index is 1540. The Balaban J connectivity index is 1.72. The maximum Gasteiger partial charge on any atom is -0.00992 e. The van der Waals surface area contributed by atoms with E-state index in [0.717, 1.165) is 11.1 Å². The van der Waals surface area contributed by atoms with Crippen LogP contribution in [-0.2, 0) is 0 Å². The van der Waals surface area contributed by atoms with Gasteiger partial charge < -0.3 is 0 Å². The van der Waals surface area contributed by atoms with E-state index >= 15 is 0 Å². The van der Waals surface area contributed by atoms with E-state index in [1.54, 1.807) is 5.57 Å². The first kappa shape index (κ1) is 36.8. The van der Waals surface area contributed by atoms with E-state index in [4.69, 9.17) is 0 Å². The van der Waals surface area contributed by atoms with Gasteiger partial charge in [-0.05, 0) is 119 Å². The van der Waals surface area contributed by atoms with Crippen molar-refractivity contribution >= 4 is 5.57 Å². The monoisotopic (exact) mass is 611 g/mol. The van der Waals surface area contributed by atoms with Gasteiger partial charge >= 0.3 is 0 Å². The van der Waals surface area contributed by atoms with Crippen molar-refractivity contribution in [2.75, 3.05) is 0 Å². The second-order valence-electron chi connectivity index (χ2n) is 14.8. The van der Waals surface area contributed by atoms with Gasteiger partial charge in [0.1, 0.15) is 0 Å². The van der Waals surface area contributed by atoms with E-state index in [9.17, 15) is 0 Å². The predicted octanol–water partition coefficient (Wildman–Crippen LogP) is 13.9. The first-order valence-corrected chi connectivity index (χ1v) is 17.3. The van der Waals surface area contributed by atoms with Crippen molar-refractivity contribution in [3.05, 3.63) is 159 Å². The van der Waals surface area contributed by atoms with Gasteiger partial charge in [-0.1, -0.05) is 164 Å². The Labute approximate surface area is 282 Å². The molecule has 1 aromatic carbocycles. The summed E-state index contributed by atoms with van der Waals surface area (Å²) in [5.74, 6) is 0. The van der Waals surface area contributed by atoms with Crippen LogP contribution in [0.1, 0.15) is 113 Å². The van der Waals surface area contributed by atoms with Crippen LogP contribution in [0.25, 0.3) is 5.57 Å². The summed E-state index contributed by atoms with van der Waals surface area (Å²) in [6.45, 7) is 22.8. The molecule has 46 heavy (non-hydrogen) atoms. The molecule has 1 aromatic rings. The molecule has 243 valence electrons. The van der Waals surface area contributed by atoms with Crippen molar-refractivity contribution in [3.8, 4) is 0 Å². The summed E-state index contributed by atoms with van der Waals surface area (Å²) in [5, 5.41) is 0. The maximum atomic E-state index is 3.41. The second-order valence-corrected chi connectivity index (χ2v) is 14.8. The number of hydrogen-bond acceptors (Lipinski definition) is 0. The SMILES string of the molecule is CC1=C(/C=C/C(C)=C/C=C/C(C)=C/C=C(/C=C(C)/C=C/C=C(C)/C=C/C2=C(C)CCCC2(C)C)c2[c]cccc2)C(C)(C)CCC1. The lowest BCUT2D eigenvalue weighted by molar-refractivity contribution is 0.376. The summed E-state index contributed by atoms with van der Waals surface area (Å²) in [5.41, 5.74) is 13.8. The number of rotatable bonds is 11. The number of benzene rings is 1. The smallest absolute Gasteiger partial charge is 0.00992 e. The van der Waals surface area contributed by atoms with Crippen LogP contribution < -0.4 is 0 Å². The van der Waals surface area contributed by atoms with Crippen LogP contribution in [0.5, 0.6) is 0 Å². The van der Waals surface area contributed by atoms with E-state index < -0.39 is 0 Å². The first-order valence-electron chi connectivity index (χ1n) is 17.3. The third-order valence-electron chi connectivity index (χ3n) is 9.48. The first-order chi connectivity index (χ1) is 21.8. The molecular formula is C46H59. The van der Waals surface area contributed by atoms with E-state index in [2.05, 4.69) is 166 Å². The Morgan fingerprint density at radius 3 is 1.61 bits per heavy atom. The van der Waals surface area contributed by atoms with Crippen LogP contribution in [0.3, 0.4) is 0 Å². The lowest BCUT2D eigenvalue weighted by Crippen LogP contribution is -2.19. The highest BCUT2D eigenvalue weighted by molar-refractivity contribution is 5.76. The summed E-state index contributed by atoms with van der Waals surface area (Å²) < 4.78 is 0. The van der Waals surface area contributed by atoms with E-state index in [1.807, 2.05) is 12.1 Å². The molecule has 0 aliphatic heterocycles. The van der Waals surface area contributed by atoms with Gasteiger partial charge in [-0.2, -0.15) is 0 Å². The van der Waals surface area contributed by atoms with Crippen molar-refractivity contribution in [2.45, 2.75) is 108 Å². The Morgan fingerprint density at radius 2 is 1.13 bits per heavy atom. The minimum absolute atomic E-state index is 0.268.